The van der Waals surface area contributed by atoms with Crippen molar-refractivity contribution in [2.75, 3.05) is 7.11 Å². The van der Waals surface area contributed by atoms with Gasteiger partial charge in [-0.1, -0.05) is 30.3 Å². The minimum Gasteiger partial charge on any atom is -0.469 e. The van der Waals surface area contributed by atoms with Crippen LogP contribution >= 0.6 is 0 Å². The highest BCUT2D eigenvalue weighted by Crippen LogP contribution is 2.10. The SMILES string of the molecule is COC(=O)CC=C=C(C)c1ccccc1. The average molecular weight is 202 g/mol. The van der Waals surface area contributed by atoms with Gasteiger partial charge in [-0.15, -0.1) is 5.73 Å². The van der Waals surface area contributed by atoms with E-state index in [0.29, 0.717) is 0 Å². The Morgan fingerprint density at radius 1 is 1.40 bits per heavy atom. The standard InChI is InChI=1S/C13H14O2/c1-11(7-6-10-13(14)15-2)12-8-4-3-5-9-12/h3-6,8-9H,10H2,1-2H3. The number of benzene rings is 1. The lowest BCUT2D eigenvalue weighted by atomic mass is 10.1. The molecule has 0 aliphatic rings. The zero-order chi connectivity index (χ0) is 11.1. The second kappa shape index (κ2) is 5.84. The van der Waals surface area contributed by atoms with Gasteiger partial charge in [0.1, 0.15) is 0 Å². The third-order valence-electron chi connectivity index (χ3n) is 2.02. The second-order valence-electron chi connectivity index (χ2n) is 3.12. The number of hydrogen-bond acceptors (Lipinski definition) is 2. The monoisotopic (exact) mass is 202 g/mol. The van der Waals surface area contributed by atoms with Crippen molar-refractivity contribution in [3.8, 4) is 0 Å². The molecule has 15 heavy (non-hydrogen) atoms. The van der Waals surface area contributed by atoms with Crippen LogP contribution in [0.25, 0.3) is 5.57 Å². The molecule has 0 heterocycles. The molecular weight excluding hydrogens is 188 g/mol. The van der Waals surface area contributed by atoms with E-state index in [4.69, 9.17) is 0 Å². The van der Waals surface area contributed by atoms with Crippen molar-refractivity contribution in [2.24, 2.45) is 0 Å². The van der Waals surface area contributed by atoms with Crippen molar-refractivity contribution in [3.05, 3.63) is 47.7 Å². The van der Waals surface area contributed by atoms with Crippen molar-refractivity contribution < 1.29 is 9.53 Å². The highest BCUT2D eigenvalue weighted by molar-refractivity contribution is 5.71. The predicted molar refractivity (Wildman–Crippen MR) is 60.2 cm³/mol. The van der Waals surface area contributed by atoms with E-state index < -0.39 is 0 Å². The van der Waals surface area contributed by atoms with Gasteiger partial charge in [0.2, 0.25) is 0 Å². The van der Waals surface area contributed by atoms with Gasteiger partial charge < -0.3 is 4.74 Å². The molecule has 78 valence electrons. The first-order chi connectivity index (χ1) is 7.24. The Morgan fingerprint density at radius 3 is 2.67 bits per heavy atom. The summed E-state index contributed by atoms with van der Waals surface area (Å²) < 4.78 is 4.52. The molecule has 0 atom stereocenters. The molecular formula is C13H14O2. The minimum atomic E-state index is -0.247. The lowest BCUT2D eigenvalue weighted by Crippen LogP contribution is -1.96. The highest BCUT2D eigenvalue weighted by atomic mass is 16.5. The van der Waals surface area contributed by atoms with Gasteiger partial charge in [0.25, 0.3) is 0 Å². The Labute approximate surface area is 89.9 Å². The maximum atomic E-state index is 10.8. The van der Waals surface area contributed by atoms with Crippen LogP contribution < -0.4 is 0 Å². The fourth-order valence-electron chi connectivity index (χ4n) is 1.14. The molecule has 1 rings (SSSR count). The average Bonchev–Trinajstić information content (AvgIpc) is 2.29. The number of hydrogen-bond donors (Lipinski definition) is 0. The van der Waals surface area contributed by atoms with Gasteiger partial charge in [-0.25, -0.2) is 0 Å². The van der Waals surface area contributed by atoms with Crippen molar-refractivity contribution in [1.82, 2.24) is 0 Å². The van der Waals surface area contributed by atoms with E-state index in [-0.39, 0.29) is 12.4 Å². The van der Waals surface area contributed by atoms with Gasteiger partial charge in [0.05, 0.1) is 13.5 Å². The first-order valence-corrected chi connectivity index (χ1v) is 4.78. The summed E-state index contributed by atoms with van der Waals surface area (Å²) in [5, 5.41) is 0. The minimum absolute atomic E-state index is 0.247. The van der Waals surface area contributed by atoms with E-state index in [1.165, 1.54) is 7.11 Å². The Morgan fingerprint density at radius 2 is 2.07 bits per heavy atom. The maximum Gasteiger partial charge on any atom is 0.309 e. The zero-order valence-corrected chi connectivity index (χ0v) is 8.99. The molecule has 2 nitrogen and oxygen atoms in total. The van der Waals surface area contributed by atoms with Gasteiger partial charge in [0, 0.05) is 0 Å². The summed E-state index contributed by atoms with van der Waals surface area (Å²) in [6.07, 6.45) is 1.95. The molecule has 0 bridgehead atoms. The van der Waals surface area contributed by atoms with Gasteiger partial charge in [-0.2, -0.15) is 0 Å². The van der Waals surface area contributed by atoms with Crippen LogP contribution in [0, 0.1) is 0 Å². The van der Waals surface area contributed by atoms with Crippen molar-refractivity contribution in [2.45, 2.75) is 13.3 Å². The van der Waals surface area contributed by atoms with Crippen LogP contribution in [0.15, 0.2) is 42.1 Å². The number of esters is 1. The molecule has 0 saturated heterocycles. The number of methoxy groups -OCH3 is 1. The molecule has 0 N–H and O–H groups in total. The lowest BCUT2D eigenvalue weighted by molar-refractivity contribution is -0.139. The Hall–Kier alpha value is -1.79. The molecule has 0 aliphatic carbocycles. The molecule has 0 unspecified atom stereocenters. The largest absolute Gasteiger partial charge is 0.469 e. The van der Waals surface area contributed by atoms with Crippen LogP contribution in [0.5, 0.6) is 0 Å². The summed E-state index contributed by atoms with van der Waals surface area (Å²) in [6.45, 7) is 1.96. The van der Waals surface area contributed by atoms with Crippen LogP contribution in [-0.4, -0.2) is 13.1 Å². The van der Waals surface area contributed by atoms with Crippen LogP contribution in [0.2, 0.25) is 0 Å². The summed E-state index contributed by atoms with van der Waals surface area (Å²) in [4.78, 5) is 10.8. The summed E-state index contributed by atoms with van der Waals surface area (Å²) in [7, 11) is 1.38. The molecule has 0 spiro atoms. The summed E-state index contributed by atoms with van der Waals surface area (Å²) in [5.41, 5.74) is 5.18. The molecule has 1 aromatic carbocycles. The molecule has 0 aromatic heterocycles. The van der Waals surface area contributed by atoms with Crippen LogP contribution in [0.3, 0.4) is 0 Å². The summed E-state index contributed by atoms with van der Waals surface area (Å²) in [6, 6.07) is 9.93. The molecule has 0 amide bonds. The third kappa shape index (κ3) is 3.84. The molecule has 1 aromatic rings. The van der Waals surface area contributed by atoms with Crippen molar-refractivity contribution in [3.63, 3.8) is 0 Å². The first-order valence-electron chi connectivity index (χ1n) is 4.78. The van der Waals surface area contributed by atoms with E-state index in [9.17, 15) is 4.79 Å². The quantitative estimate of drug-likeness (QED) is 0.556. The van der Waals surface area contributed by atoms with Crippen molar-refractivity contribution in [1.29, 1.82) is 0 Å². The van der Waals surface area contributed by atoms with E-state index in [2.05, 4.69) is 10.5 Å². The van der Waals surface area contributed by atoms with Crippen LogP contribution in [0.4, 0.5) is 0 Å². The number of carbonyl (C=O) groups is 1. The Balaban J connectivity index is 2.72. The van der Waals surface area contributed by atoms with Gasteiger partial charge >= 0.3 is 5.97 Å². The van der Waals surface area contributed by atoms with Crippen molar-refractivity contribution >= 4 is 11.5 Å². The fourth-order valence-corrected chi connectivity index (χ4v) is 1.14. The summed E-state index contributed by atoms with van der Waals surface area (Å²) >= 11 is 0. The molecule has 0 fully saturated rings. The number of rotatable bonds is 3. The third-order valence-corrected chi connectivity index (χ3v) is 2.02. The lowest BCUT2D eigenvalue weighted by Gasteiger charge is -1.96. The van der Waals surface area contributed by atoms with Gasteiger partial charge in [0.15, 0.2) is 0 Å². The number of ether oxygens (including phenoxy) is 1. The fraction of sp³-hybridized carbons (Fsp3) is 0.231. The Kier molecular flexibility index (Phi) is 4.39. The molecule has 0 saturated carbocycles. The molecule has 0 radical (unpaired) electrons. The first kappa shape index (κ1) is 11.3. The Bertz CT molecular complexity index is 384. The maximum absolute atomic E-state index is 10.8. The molecule has 2 heteroatoms. The summed E-state index contributed by atoms with van der Waals surface area (Å²) in [5.74, 6) is -0.247. The van der Waals surface area contributed by atoms with Crippen LogP contribution in [-0.2, 0) is 9.53 Å². The molecule has 0 aliphatic heterocycles. The van der Waals surface area contributed by atoms with E-state index in [1.54, 1.807) is 6.08 Å². The van der Waals surface area contributed by atoms with Gasteiger partial charge in [-0.3, -0.25) is 4.79 Å². The topological polar surface area (TPSA) is 26.3 Å². The van der Waals surface area contributed by atoms with E-state index in [0.717, 1.165) is 11.1 Å². The zero-order valence-electron chi connectivity index (χ0n) is 8.99. The van der Waals surface area contributed by atoms with E-state index in [1.807, 2.05) is 37.3 Å². The second-order valence-corrected chi connectivity index (χ2v) is 3.12. The highest BCUT2D eigenvalue weighted by Gasteiger charge is 1.94. The van der Waals surface area contributed by atoms with Crippen LogP contribution in [0.1, 0.15) is 18.9 Å². The number of carbonyl (C=O) groups excluding carboxylic acids is 1. The normalized spacial score (nSPS) is 8.93. The van der Waals surface area contributed by atoms with E-state index >= 15 is 0 Å². The van der Waals surface area contributed by atoms with Gasteiger partial charge in [-0.05, 0) is 24.1 Å². The smallest absolute Gasteiger partial charge is 0.309 e. The predicted octanol–water partition coefficient (Wildman–Crippen LogP) is 2.81.